The molecule has 0 aromatic heterocycles. The van der Waals surface area contributed by atoms with Crippen molar-refractivity contribution in [2.24, 2.45) is 0 Å². The van der Waals surface area contributed by atoms with Gasteiger partial charge in [0.1, 0.15) is 0 Å². The van der Waals surface area contributed by atoms with Gasteiger partial charge in [0.25, 0.3) is 0 Å². The second-order valence-corrected chi connectivity index (χ2v) is 24.9. The van der Waals surface area contributed by atoms with Gasteiger partial charge in [0, 0.05) is 12.8 Å². The number of hydrogen-bond donors (Lipinski definition) is 3. The van der Waals surface area contributed by atoms with Crippen LogP contribution in [0.25, 0.3) is 0 Å². The highest BCUT2D eigenvalue weighted by molar-refractivity contribution is 5.76. The summed E-state index contributed by atoms with van der Waals surface area (Å²) in [5, 5.41) is 23.1. The summed E-state index contributed by atoms with van der Waals surface area (Å²) in [4.78, 5) is 24.6. The Labute approximate surface area is 500 Å². The summed E-state index contributed by atoms with van der Waals surface area (Å²) in [6, 6.07) is -0.625. The van der Waals surface area contributed by atoms with Crippen molar-refractivity contribution in [3.8, 4) is 0 Å². The predicted octanol–water partition coefficient (Wildman–Crippen LogP) is 23.5. The van der Waals surface area contributed by atoms with E-state index in [2.05, 4.69) is 43.5 Å². The quantitative estimate of drug-likeness (QED) is 0.0320. The molecule has 472 valence electrons. The fourth-order valence-corrected chi connectivity index (χ4v) is 11.4. The molecule has 2 atom stereocenters. The van der Waals surface area contributed by atoms with Crippen LogP contribution in [0.2, 0.25) is 0 Å². The van der Waals surface area contributed by atoms with Crippen LogP contribution >= 0.6 is 0 Å². The van der Waals surface area contributed by atoms with Crippen LogP contribution in [-0.4, -0.2) is 47.4 Å². The highest BCUT2D eigenvalue weighted by Gasteiger charge is 2.18. The fraction of sp³-hybridized carbons (Fsp3) is 0.892. The molecule has 0 saturated heterocycles. The molecule has 6 heteroatoms. The van der Waals surface area contributed by atoms with Crippen LogP contribution in [0.1, 0.15) is 399 Å². The molecule has 0 spiro atoms. The Bertz CT molecular complexity index is 1300. The largest absolute Gasteiger partial charge is 0.466 e. The number of aliphatic hydroxyl groups excluding tert-OH is 2. The van der Waals surface area contributed by atoms with E-state index in [1.165, 1.54) is 327 Å². The van der Waals surface area contributed by atoms with Gasteiger partial charge in [-0.25, -0.2) is 0 Å². The number of nitrogens with one attached hydrogen (secondary N) is 1. The molecule has 0 aliphatic rings. The first-order valence-electron chi connectivity index (χ1n) is 36.3. The SMILES string of the molecule is CCCCCCCCCCC/C=C/C(O)C(CO)NC(=O)CCCCCCCCCCCCCCCCCCC/C=C\C/C=C\CCCCCCCCCCCOC(=O)CCCCCCCCCCCCCCCCCCCCC. The first kappa shape index (κ1) is 78.1. The summed E-state index contributed by atoms with van der Waals surface area (Å²) < 4.78 is 5.51. The molecule has 0 saturated carbocycles. The monoisotopic (exact) mass is 1120 g/mol. The van der Waals surface area contributed by atoms with Gasteiger partial charge >= 0.3 is 5.97 Å². The van der Waals surface area contributed by atoms with Crippen molar-refractivity contribution in [2.75, 3.05) is 13.2 Å². The Balaban J connectivity index is 3.35. The zero-order valence-electron chi connectivity index (χ0n) is 54.1. The molecule has 3 N–H and O–H groups in total. The van der Waals surface area contributed by atoms with E-state index < -0.39 is 12.1 Å². The first-order valence-corrected chi connectivity index (χ1v) is 36.3. The van der Waals surface area contributed by atoms with Gasteiger partial charge in [-0.3, -0.25) is 9.59 Å². The van der Waals surface area contributed by atoms with E-state index >= 15 is 0 Å². The smallest absolute Gasteiger partial charge is 0.305 e. The van der Waals surface area contributed by atoms with Crippen LogP contribution in [0, 0.1) is 0 Å². The van der Waals surface area contributed by atoms with Gasteiger partial charge in [-0.05, 0) is 64.2 Å². The van der Waals surface area contributed by atoms with E-state index in [1.54, 1.807) is 6.08 Å². The van der Waals surface area contributed by atoms with Crippen molar-refractivity contribution in [3.63, 3.8) is 0 Å². The number of esters is 1. The molecular formula is C74H141NO5. The molecule has 0 heterocycles. The van der Waals surface area contributed by atoms with Gasteiger partial charge in [0.15, 0.2) is 0 Å². The zero-order chi connectivity index (χ0) is 57.8. The third-order valence-electron chi connectivity index (χ3n) is 16.9. The molecular weight excluding hydrogens is 983 g/mol. The van der Waals surface area contributed by atoms with Gasteiger partial charge in [-0.1, -0.05) is 359 Å². The van der Waals surface area contributed by atoms with Crippen molar-refractivity contribution in [3.05, 3.63) is 36.5 Å². The van der Waals surface area contributed by atoms with Crippen LogP contribution in [0.3, 0.4) is 0 Å². The van der Waals surface area contributed by atoms with Crippen molar-refractivity contribution in [1.29, 1.82) is 0 Å². The molecule has 0 rings (SSSR count). The van der Waals surface area contributed by atoms with Gasteiger partial charge in [0.05, 0.1) is 25.4 Å². The summed E-state index contributed by atoms with van der Waals surface area (Å²) >= 11 is 0. The van der Waals surface area contributed by atoms with Crippen molar-refractivity contribution < 1.29 is 24.5 Å². The third-order valence-corrected chi connectivity index (χ3v) is 16.9. The Morgan fingerprint density at radius 1 is 0.350 bits per heavy atom. The number of amides is 1. The predicted molar refractivity (Wildman–Crippen MR) is 352 cm³/mol. The van der Waals surface area contributed by atoms with Crippen molar-refractivity contribution >= 4 is 11.9 Å². The molecule has 1 amide bonds. The fourth-order valence-electron chi connectivity index (χ4n) is 11.4. The maximum absolute atomic E-state index is 12.4. The number of rotatable bonds is 68. The molecule has 0 aromatic rings. The average molecular weight is 1120 g/mol. The van der Waals surface area contributed by atoms with Gasteiger partial charge in [-0.2, -0.15) is 0 Å². The van der Waals surface area contributed by atoms with E-state index in [1.807, 2.05) is 6.08 Å². The summed E-state index contributed by atoms with van der Waals surface area (Å²) in [7, 11) is 0. The molecule has 0 aromatic carbocycles. The second kappa shape index (κ2) is 69.6. The van der Waals surface area contributed by atoms with E-state index in [0.29, 0.717) is 19.4 Å². The second-order valence-electron chi connectivity index (χ2n) is 24.9. The van der Waals surface area contributed by atoms with Gasteiger partial charge in [0.2, 0.25) is 5.91 Å². The number of aliphatic hydroxyl groups is 2. The highest BCUT2D eigenvalue weighted by atomic mass is 16.5. The van der Waals surface area contributed by atoms with Crippen LogP contribution in [0.15, 0.2) is 36.5 Å². The first-order chi connectivity index (χ1) is 39.5. The van der Waals surface area contributed by atoms with Crippen LogP contribution in [0.5, 0.6) is 0 Å². The lowest BCUT2D eigenvalue weighted by molar-refractivity contribution is -0.143. The Hall–Kier alpha value is -1.92. The normalized spacial score (nSPS) is 12.7. The zero-order valence-corrected chi connectivity index (χ0v) is 54.1. The minimum absolute atomic E-state index is 0.0192. The molecule has 80 heavy (non-hydrogen) atoms. The number of carbonyl (C=O) groups excluding carboxylic acids is 2. The molecule has 0 aliphatic heterocycles. The number of allylic oxidation sites excluding steroid dienone is 5. The molecule has 6 nitrogen and oxygen atoms in total. The topological polar surface area (TPSA) is 95.9 Å². The number of ether oxygens (including phenoxy) is 1. The Kier molecular flexibility index (Phi) is 67.9. The van der Waals surface area contributed by atoms with Crippen molar-refractivity contribution in [1.82, 2.24) is 5.32 Å². The maximum Gasteiger partial charge on any atom is 0.305 e. The Morgan fingerprint density at radius 2 is 0.625 bits per heavy atom. The lowest BCUT2D eigenvalue weighted by Gasteiger charge is -2.20. The van der Waals surface area contributed by atoms with E-state index in [9.17, 15) is 19.8 Å². The molecule has 0 radical (unpaired) electrons. The van der Waals surface area contributed by atoms with E-state index in [0.717, 1.165) is 44.9 Å². The molecule has 0 aliphatic carbocycles. The van der Waals surface area contributed by atoms with Crippen LogP contribution < -0.4 is 5.32 Å². The molecule has 0 bridgehead atoms. The van der Waals surface area contributed by atoms with E-state index in [-0.39, 0.29) is 18.5 Å². The molecule has 0 fully saturated rings. The lowest BCUT2D eigenvalue weighted by Crippen LogP contribution is -2.45. The van der Waals surface area contributed by atoms with Crippen LogP contribution in [0.4, 0.5) is 0 Å². The van der Waals surface area contributed by atoms with Gasteiger partial charge in [-0.15, -0.1) is 0 Å². The summed E-state index contributed by atoms with van der Waals surface area (Å²) in [5.74, 6) is -0.0469. The average Bonchev–Trinajstić information content (AvgIpc) is 3.46. The van der Waals surface area contributed by atoms with Gasteiger partial charge < -0.3 is 20.3 Å². The number of carbonyl (C=O) groups is 2. The van der Waals surface area contributed by atoms with E-state index in [4.69, 9.17) is 4.74 Å². The van der Waals surface area contributed by atoms with Crippen LogP contribution in [-0.2, 0) is 14.3 Å². The minimum Gasteiger partial charge on any atom is -0.466 e. The lowest BCUT2D eigenvalue weighted by atomic mass is 10.0. The maximum atomic E-state index is 12.4. The standard InChI is InChI=1S/C74H141NO5/c1-3-5-7-9-11-13-15-16-17-18-34-38-41-44-48-52-56-60-64-68-74(79)80-69-65-61-57-53-49-45-42-39-36-33-31-29-27-25-23-21-19-20-22-24-26-28-30-32-35-37-40-43-47-51-55-59-63-67-73(78)75-71(70-76)72(77)66-62-58-54-50-46-14-12-10-8-6-4-2/h23,25,29,31,62,66,71-72,76-77H,3-22,24,26-28,30,32-61,63-65,67-70H2,1-2H3,(H,75,78)/b25-23-,31-29-,66-62+. The highest BCUT2D eigenvalue weighted by Crippen LogP contribution is 2.19. The number of unbranched alkanes of at least 4 members (excludes halogenated alkanes) is 53. The van der Waals surface area contributed by atoms with Crippen molar-refractivity contribution in [2.45, 2.75) is 411 Å². The third kappa shape index (κ3) is 65.2. The summed E-state index contributed by atoms with van der Waals surface area (Å²) in [5.41, 5.74) is 0. The molecule has 2 unspecified atom stereocenters. The summed E-state index contributed by atoms with van der Waals surface area (Å²) in [6.45, 7) is 4.92. The Morgan fingerprint density at radius 3 is 0.950 bits per heavy atom. The number of hydrogen-bond acceptors (Lipinski definition) is 5. The minimum atomic E-state index is -0.842. The summed E-state index contributed by atoms with van der Waals surface area (Å²) in [6.07, 6.45) is 89.6.